The molecule has 0 bridgehead atoms. The average molecular weight is 490 g/mol. The highest BCUT2D eigenvalue weighted by Gasteiger charge is 2.13. The van der Waals surface area contributed by atoms with Gasteiger partial charge in [-0.25, -0.2) is 8.42 Å². The van der Waals surface area contributed by atoms with Gasteiger partial charge < -0.3 is 11.1 Å². The van der Waals surface area contributed by atoms with Crippen molar-refractivity contribution >= 4 is 55.7 Å². The second-order valence-electron chi connectivity index (χ2n) is 4.82. The van der Waals surface area contributed by atoms with Crippen molar-refractivity contribution in [3.05, 3.63) is 28.7 Å². The van der Waals surface area contributed by atoms with E-state index in [2.05, 4.69) is 26.2 Å². The summed E-state index contributed by atoms with van der Waals surface area (Å²) in [5.74, 6) is 0.679. The van der Waals surface area contributed by atoms with E-state index >= 15 is 0 Å². The summed E-state index contributed by atoms with van der Waals surface area (Å²) in [7, 11) is -3.30. The molecule has 0 aliphatic rings. The maximum Gasteiger partial charge on any atom is 0.188 e. The van der Waals surface area contributed by atoms with Gasteiger partial charge in [-0.2, -0.15) is 0 Å². The number of aliphatic imine (C=N–C) groups is 1. The van der Waals surface area contributed by atoms with Gasteiger partial charge in [0.15, 0.2) is 15.8 Å². The number of halogens is 2. The van der Waals surface area contributed by atoms with Gasteiger partial charge in [-0.15, -0.1) is 24.0 Å². The average Bonchev–Trinajstić information content (AvgIpc) is 2.36. The van der Waals surface area contributed by atoms with E-state index in [-0.39, 0.29) is 42.2 Å². The molecule has 120 valence electrons. The van der Waals surface area contributed by atoms with Gasteiger partial charge in [-0.3, -0.25) is 4.99 Å². The monoisotopic (exact) mass is 489 g/mol. The zero-order valence-corrected chi connectivity index (χ0v) is 16.8. The smallest absolute Gasteiger partial charge is 0.188 e. The van der Waals surface area contributed by atoms with Crippen LogP contribution in [0.5, 0.6) is 0 Å². The van der Waals surface area contributed by atoms with Crippen molar-refractivity contribution in [3.63, 3.8) is 0 Å². The third-order valence-electron chi connectivity index (χ3n) is 2.48. The van der Waals surface area contributed by atoms with Crippen LogP contribution in [0, 0.1) is 5.92 Å². The number of hydrogen-bond donors (Lipinski definition) is 2. The quantitative estimate of drug-likeness (QED) is 0.365. The summed E-state index contributed by atoms with van der Waals surface area (Å²) in [6, 6.07) is 6.57. The Morgan fingerprint density at radius 3 is 2.43 bits per heavy atom. The number of sulfone groups is 1. The molecule has 0 spiro atoms. The first kappa shape index (κ1) is 20.6. The number of benzene rings is 1. The molecule has 1 aromatic rings. The molecule has 0 unspecified atom stereocenters. The van der Waals surface area contributed by atoms with Gasteiger partial charge in [0.1, 0.15) is 0 Å². The maximum atomic E-state index is 12.1. The largest absolute Gasteiger partial charge is 0.370 e. The molecule has 0 aromatic heterocycles. The third-order valence-corrected chi connectivity index (χ3v) is 4.74. The molecule has 0 amide bonds. The normalized spacial score (nSPS) is 12.1. The van der Waals surface area contributed by atoms with Crippen molar-refractivity contribution in [1.82, 2.24) is 5.32 Å². The summed E-state index contributed by atoms with van der Waals surface area (Å²) in [6.07, 6.45) is 0. The van der Waals surface area contributed by atoms with E-state index in [0.29, 0.717) is 17.4 Å². The summed E-state index contributed by atoms with van der Waals surface area (Å²) in [4.78, 5) is 4.42. The van der Waals surface area contributed by atoms with E-state index < -0.39 is 9.84 Å². The van der Waals surface area contributed by atoms with Gasteiger partial charge in [0.25, 0.3) is 0 Å². The van der Waals surface area contributed by atoms with E-state index in [1.165, 1.54) is 0 Å². The van der Waals surface area contributed by atoms with Crippen LogP contribution < -0.4 is 11.1 Å². The predicted molar refractivity (Wildman–Crippen MR) is 101 cm³/mol. The highest BCUT2D eigenvalue weighted by atomic mass is 127. The van der Waals surface area contributed by atoms with Crippen molar-refractivity contribution < 1.29 is 8.42 Å². The maximum absolute atomic E-state index is 12.1. The summed E-state index contributed by atoms with van der Waals surface area (Å²) in [5, 5.41) is 2.81. The minimum Gasteiger partial charge on any atom is -0.370 e. The Morgan fingerprint density at radius 2 is 1.90 bits per heavy atom. The van der Waals surface area contributed by atoms with E-state index in [1.54, 1.807) is 24.3 Å². The van der Waals surface area contributed by atoms with E-state index in [4.69, 9.17) is 5.73 Å². The molecular formula is C13H21BrIN3O2S. The molecule has 1 aromatic carbocycles. The molecule has 0 radical (unpaired) electrons. The Labute approximate surface area is 151 Å². The van der Waals surface area contributed by atoms with Gasteiger partial charge in [0.2, 0.25) is 0 Å². The van der Waals surface area contributed by atoms with Crippen LogP contribution >= 0.6 is 39.9 Å². The fourth-order valence-corrected chi connectivity index (χ4v) is 2.83. The molecule has 8 heteroatoms. The topological polar surface area (TPSA) is 84.5 Å². The van der Waals surface area contributed by atoms with Crippen LogP contribution in [-0.2, 0) is 9.84 Å². The van der Waals surface area contributed by atoms with Crippen LogP contribution in [-0.4, -0.2) is 33.2 Å². The van der Waals surface area contributed by atoms with Crippen LogP contribution in [0.15, 0.2) is 38.6 Å². The van der Waals surface area contributed by atoms with E-state index in [9.17, 15) is 8.42 Å². The molecular weight excluding hydrogens is 469 g/mol. The zero-order chi connectivity index (χ0) is 15.2. The molecule has 5 nitrogen and oxygen atoms in total. The first-order chi connectivity index (χ1) is 9.31. The predicted octanol–water partition coefficient (Wildman–Crippen LogP) is 2.40. The molecule has 0 heterocycles. The van der Waals surface area contributed by atoms with Crippen LogP contribution in [0.3, 0.4) is 0 Å². The lowest BCUT2D eigenvalue weighted by Gasteiger charge is -2.08. The molecule has 0 saturated carbocycles. The number of nitrogens with zero attached hydrogens (tertiary/aromatic N) is 1. The molecule has 0 atom stereocenters. The van der Waals surface area contributed by atoms with E-state index in [0.717, 1.165) is 4.47 Å². The number of hydrogen-bond acceptors (Lipinski definition) is 3. The van der Waals surface area contributed by atoms with Gasteiger partial charge >= 0.3 is 0 Å². The standard InChI is InChI=1S/C13H20BrN3O2S.HI/c1-10(2)9-17-13(15)16-7-8-20(18,19)12-5-3-11(14)4-6-12;/h3-6,10H,7-9H2,1-2H3,(H3,15,16,17);1H. The molecule has 1 rings (SSSR count). The second kappa shape index (κ2) is 9.62. The number of nitrogens with two attached hydrogens (primary N) is 1. The molecule has 0 saturated heterocycles. The minimum absolute atomic E-state index is 0. The summed E-state index contributed by atoms with van der Waals surface area (Å²) in [6.45, 7) is 4.94. The summed E-state index contributed by atoms with van der Waals surface area (Å²) < 4.78 is 25.0. The highest BCUT2D eigenvalue weighted by Crippen LogP contribution is 2.15. The Bertz CT molecular complexity index is 559. The first-order valence-corrected chi connectivity index (χ1v) is 8.78. The SMILES string of the molecule is CC(C)CN=C(N)NCCS(=O)(=O)c1ccc(Br)cc1.I. The van der Waals surface area contributed by atoms with Crippen molar-refractivity contribution in [2.45, 2.75) is 18.7 Å². The van der Waals surface area contributed by atoms with Gasteiger partial charge in [-0.05, 0) is 30.2 Å². The van der Waals surface area contributed by atoms with Crippen molar-refractivity contribution in [2.24, 2.45) is 16.6 Å². The molecule has 0 fully saturated rings. The van der Waals surface area contributed by atoms with Crippen molar-refractivity contribution in [2.75, 3.05) is 18.8 Å². The van der Waals surface area contributed by atoms with Gasteiger partial charge in [-0.1, -0.05) is 29.8 Å². The Hall–Kier alpha value is -0.350. The Balaban J connectivity index is 0.00000400. The summed E-state index contributed by atoms with van der Waals surface area (Å²) in [5.41, 5.74) is 5.65. The second-order valence-corrected chi connectivity index (χ2v) is 7.84. The number of guanidine groups is 1. The third kappa shape index (κ3) is 8.01. The lowest BCUT2D eigenvalue weighted by molar-refractivity contribution is 0.594. The highest BCUT2D eigenvalue weighted by molar-refractivity contribution is 14.0. The van der Waals surface area contributed by atoms with Gasteiger partial charge in [0, 0.05) is 17.6 Å². The van der Waals surface area contributed by atoms with Crippen molar-refractivity contribution in [1.29, 1.82) is 0 Å². The van der Waals surface area contributed by atoms with Crippen LogP contribution in [0.1, 0.15) is 13.8 Å². The lowest BCUT2D eigenvalue weighted by atomic mass is 10.2. The lowest BCUT2D eigenvalue weighted by Crippen LogP contribution is -2.35. The Morgan fingerprint density at radius 1 is 1.33 bits per heavy atom. The molecule has 3 N–H and O–H groups in total. The zero-order valence-electron chi connectivity index (χ0n) is 12.0. The fourth-order valence-electron chi connectivity index (χ4n) is 1.41. The first-order valence-electron chi connectivity index (χ1n) is 6.33. The number of rotatable bonds is 6. The van der Waals surface area contributed by atoms with Crippen LogP contribution in [0.4, 0.5) is 0 Å². The Kier molecular flexibility index (Phi) is 9.46. The fraction of sp³-hybridized carbons (Fsp3) is 0.462. The number of nitrogens with one attached hydrogen (secondary N) is 1. The van der Waals surface area contributed by atoms with Crippen molar-refractivity contribution in [3.8, 4) is 0 Å². The van der Waals surface area contributed by atoms with Crippen LogP contribution in [0.25, 0.3) is 0 Å². The van der Waals surface area contributed by atoms with Gasteiger partial charge in [0.05, 0.1) is 10.6 Å². The summed E-state index contributed by atoms with van der Waals surface area (Å²) >= 11 is 3.27. The minimum atomic E-state index is -3.30. The molecule has 0 aliphatic heterocycles. The van der Waals surface area contributed by atoms with Crippen LogP contribution in [0.2, 0.25) is 0 Å². The molecule has 21 heavy (non-hydrogen) atoms. The van der Waals surface area contributed by atoms with E-state index in [1.807, 2.05) is 13.8 Å². The molecule has 0 aliphatic carbocycles.